The fraction of sp³-hybridized carbons (Fsp3) is 0.143. The van der Waals surface area contributed by atoms with Crippen LogP contribution >= 0.6 is 11.8 Å². The Bertz CT molecular complexity index is 423. The quantitative estimate of drug-likeness (QED) is 0.819. The van der Waals surface area contributed by atoms with Crippen molar-refractivity contribution in [3.63, 3.8) is 0 Å². The Balaban J connectivity index is 0.00000162. The van der Waals surface area contributed by atoms with Crippen molar-refractivity contribution in [2.45, 2.75) is 11.5 Å². The number of benzene rings is 2. The van der Waals surface area contributed by atoms with Gasteiger partial charge in [0.15, 0.2) is 0 Å². The van der Waals surface area contributed by atoms with Gasteiger partial charge in [-0.15, -0.1) is 0 Å². The van der Waals surface area contributed by atoms with Gasteiger partial charge in [0.05, 0.1) is 0 Å². The van der Waals surface area contributed by atoms with E-state index in [-0.39, 0.29) is 23.9 Å². The summed E-state index contributed by atoms with van der Waals surface area (Å²) in [6.45, 7) is 0. The van der Waals surface area contributed by atoms with Crippen LogP contribution in [0.1, 0.15) is 11.1 Å². The molecular weight excluding hydrogens is 351 g/mol. The molecule has 0 fully saturated rings. The molecule has 2 aromatic carbocycles. The average Bonchev–Trinajstić information content (AvgIpc) is 2.34. The summed E-state index contributed by atoms with van der Waals surface area (Å²) in [5.74, 6) is 2.44. The van der Waals surface area contributed by atoms with E-state index in [1.807, 2.05) is 36.0 Å². The number of phenolic OH excluding ortho intramolecular Hbond substituents is 2. The minimum absolute atomic E-state index is 0. The van der Waals surface area contributed by atoms with E-state index in [0.29, 0.717) is 11.5 Å². The normalized spacial score (nSPS) is 9.78. The molecule has 0 unspecified atom stereocenters. The SMILES string of the molecule is Oc1ccc(CSCc2ccc(O)cc2)cc1.[Sn]. The second kappa shape index (κ2) is 7.59. The van der Waals surface area contributed by atoms with Crippen LogP contribution in [0.15, 0.2) is 48.5 Å². The molecule has 0 aromatic heterocycles. The van der Waals surface area contributed by atoms with Crippen molar-refractivity contribution in [3.8, 4) is 11.5 Å². The summed E-state index contributed by atoms with van der Waals surface area (Å²) in [6, 6.07) is 14.5. The molecule has 0 heterocycles. The van der Waals surface area contributed by atoms with Crippen LogP contribution in [0.25, 0.3) is 0 Å². The third-order valence-electron chi connectivity index (χ3n) is 2.41. The van der Waals surface area contributed by atoms with E-state index >= 15 is 0 Å². The van der Waals surface area contributed by atoms with Crippen LogP contribution in [0, 0.1) is 0 Å². The zero-order chi connectivity index (χ0) is 12.1. The Kier molecular flexibility index (Phi) is 6.43. The van der Waals surface area contributed by atoms with Crippen LogP contribution in [-0.2, 0) is 11.5 Å². The van der Waals surface area contributed by atoms with Crippen molar-refractivity contribution in [3.05, 3.63) is 59.7 Å². The summed E-state index contributed by atoms with van der Waals surface area (Å²) >= 11 is 1.81. The summed E-state index contributed by atoms with van der Waals surface area (Å²) < 4.78 is 0. The van der Waals surface area contributed by atoms with E-state index in [1.165, 1.54) is 11.1 Å². The molecule has 4 radical (unpaired) electrons. The molecule has 0 aliphatic rings. The van der Waals surface area contributed by atoms with Crippen LogP contribution in [0.2, 0.25) is 0 Å². The molecule has 0 atom stereocenters. The van der Waals surface area contributed by atoms with Crippen molar-refractivity contribution < 1.29 is 10.2 Å². The molecule has 0 aliphatic carbocycles. The van der Waals surface area contributed by atoms with Crippen LogP contribution in [0.5, 0.6) is 11.5 Å². The molecule has 18 heavy (non-hydrogen) atoms. The van der Waals surface area contributed by atoms with Gasteiger partial charge in [-0.05, 0) is 35.4 Å². The summed E-state index contributed by atoms with van der Waals surface area (Å²) in [5.41, 5.74) is 2.40. The topological polar surface area (TPSA) is 40.5 Å². The average molecular weight is 365 g/mol. The molecule has 2 nitrogen and oxygen atoms in total. The van der Waals surface area contributed by atoms with Gasteiger partial charge in [-0.2, -0.15) is 11.8 Å². The van der Waals surface area contributed by atoms with Gasteiger partial charge in [-0.3, -0.25) is 0 Å². The first-order valence-electron chi connectivity index (χ1n) is 5.37. The second-order valence-corrected chi connectivity index (χ2v) is 4.81. The molecule has 0 aliphatic heterocycles. The van der Waals surface area contributed by atoms with Gasteiger partial charge < -0.3 is 10.2 Å². The van der Waals surface area contributed by atoms with Gasteiger partial charge in [0, 0.05) is 35.4 Å². The maximum absolute atomic E-state index is 9.16. The molecule has 0 amide bonds. The standard InChI is InChI=1S/C14H14O2S.Sn/c15-13-5-1-11(2-6-13)9-17-10-12-3-7-14(16)8-4-12;/h1-8,15-16H,9-10H2;. The Hall–Kier alpha value is -0.811. The molecule has 2 rings (SSSR count). The van der Waals surface area contributed by atoms with E-state index < -0.39 is 0 Å². The number of thioether (sulfide) groups is 1. The van der Waals surface area contributed by atoms with E-state index in [2.05, 4.69) is 0 Å². The number of phenols is 2. The molecule has 2 N–H and O–H groups in total. The molecule has 0 saturated heterocycles. The van der Waals surface area contributed by atoms with Gasteiger partial charge in [0.25, 0.3) is 0 Å². The van der Waals surface area contributed by atoms with Gasteiger partial charge in [0.2, 0.25) is 0 Å². The smallest absolute Gasteiger partial charge is 0.115 e. The first-order valence-corrected chi connectivity index (χ1v) is 6.53. The van der Waals surface area contributed by atoms with Crippen LogP contribution in [0.4, 0.5) is 0 Å². The molecule has 4 heteroatoms. The minimum atomic E-state index is 0. The Morgan fingerprint density at radius 3 is 1.33 bits per heavy atom. The maximum atomic E-state index is 9.16. The van der Waals surface area contributed by atoms with E-state index in [1.54, 1.807) is 24.3 Å². The summed E-state index contributed by atoms with van der Waals surface area (Å²) in [4.78, 5) is 0. The van der Waals surface area contributed by atoms with Gasteiger partial charge in [0.1, 0.15) is 11.5 Å². The van der Waals surface area contributed by atoms with Crippen molar-refractivity contribution in [1.82, 2.24) is 0 Å². The van der Waals surface area contributed by atoms with E-state index in [0.717, 1.165) is 11.5 Å². The number of hydrogen-bond acceptors (Lipinski definition) is 3. The second-order valence-electron chi connectivity index (χ2n) is 3.83. The summed E-state index contributed by atoms with van der Waals surface area (Å²) in [6.07, 6.45) is 0. The molecule has 92 valence electrons. The van der Waals surface area contributed by atoms with Crippen molar-refractivity contribution in [2.24, 2.45) is 0 Å². The Morgan fingerprint density at radius 2 is 1.00 bits per heavy atom. The number of rotatable bonds is 4. The fourth-order valence-corrected chi connectivity index (χ4v) is 2.43. The van der Waals surface area contributed by atoms with Crippen molar-refractivity contribution in [2.75, 3.05) is 0 Å². The maximum Gasteiger partial charge on any atom is 0.115 e. The molecule has 0 spiro atoms. The van der Waals surface area contributed by atoms with Crippen molar-refractivity contribution >= 4 is 35.7 Å². The third-order valence-corrected chi connectivity index (χ3v) is 3.49. The predicted molar refractivity (Wildman–Crippen MR) is 77.0 cm³/mol. The number of aromatic hydroxyl groups is 2. The first-order chi connectivity index (χ1) is 8.24. The third kappa shape index (κ3) is 4.82. The van der Waals surface area contributed by atoms with Gasteiger partial charge in [-0.25, -0.2) is 0 Å². The van der Waals surface area contributed by atoms with Crippen LogP contribution in [0.3, 0.4) is 0 Å². The predicted octanol–water partition coefficient (Wildman–Crippen LogP) is 3.15. The number of hydrogen-bond donors (Lipinski definition) is 2. The molecular formula is C14H14O2SSn. The largest absolute Gasteiger partial charge is 0.508 e. The minimum Gasteiger partial charge on any atom is -0.508 e. The monoisotopic (exact) mass is 366 g/mol. The molecule has 0 saturated carbocycles. The summed E-state index contributed by atoms with van der Waals surface area (Å²) in [7, 11) is 0. The van der Waals surface area contributed by atoms with Gasteiger partial charge >= 0.3 is 0 Å². The van der Waals surface area contributed by atoms with Gasteiger partial charge in [-0.1, -0.05) is 24.3 Å². The molecule has 0 bridgehead atoms. The zero-order valence-corrected chi connectivity index (χ0v) is 13.5. The fourth-order valence-electron chi connectivity index (χ4n) is 1.47. The van der Waals surface area contributed by atoms with Crippen LogP contribution < -0.4 is 0 Å². The summed E-state index contributed by atoms with van der Waals surface area (Å²) in [5, 5.41) is 18.3. The Morgan fingerprint density at radius 1 is 0.667 bits per heavy atom. The van der Waals surface area contributed by atoms with Crippen molar-refractivity contribution in [1.29, 1.82) is 0 Å². The first kappa shape index (κ1) is 15.2. The zero-order valence-electron chi connectivity index (χ0n) is 9.84. The van der Waals surface area contributed by atoms with E-state index in [9.17, 15) is 0 Å². The molecule has 2 aromatic rings. The van der Waals surface area contributed by atoms with Crippen LogP contribution in [-0.4, -0.2) is 34.1 Å². The Labute approximate surface area is 128 Å². The van der Waals surface area contributed by atoms with E-state index in [4.69, 9.17) is 10.2 Å².